The van der Waals surface area contributed by atoms with E-state index in [2.05, 4.69) is 21.3 Å². The van der Waals surface area contributed by atoms with Crippen LogP contribution >= 0.6 is 0 Å². The predicted molar refractivity (Wildman–Crippen MR) is 128 cm³/mol. The molecular weight excluding hydrogens is 472 g/mol. The van der Waals surface area contributed by atoms with Crippen LogP contribution in [0.5, 0.6) is 23.0 Å². The lowest BCUT2D eigenvalue weighted by molar-refractivity contribution is -0.116. The molecule has 0 aromatic heterocycles. The molecule has 2 aliphatic heterocycles. The number of hydrogen-bond donors (Lipinski definition) is 4. The van der Waals surface area contributed by atoms with E-state index in [4.69, 9.17) is 18.9 Å². The molecule has 2 heterocycles. The van der Waals surface area contributed by atoms with Gasteiger partial charge in [-0.3, -0.25) is 20.2 Å². The van der Waals surface area contributed by atoms with E-state index in [0.29, 0.717) is 23.0 Å². The van der Waals surface area contributed by atoms with Gasteiger partial charge in [0.15, 0.2) is 23.0 Å². The van der Waals surface area contributed by atoms with Crippen LogP contribution in [0.4, 0.5) is 9.59 Å². The van der Waals surface area contributed by atoms with Gasteiger partial charge in [0.2, 0.25) is 0 Å². The molecule has 0 aliphatic carbocycles. The van der Waals surface area contributed by atoms with Crippen molar-refractivity contribution in [3.63, 3.8) is 0 Å². The summed E-state index contributed by atoms with van der Waals surface area (Å²) in [4.78, 5) is 44.6. The van der Waals surface area contributed by atoms with E-state index in [-0.39, 0.29) is 11.4 Å². The predicted octanol–water partition coefficient (Wildman–Crippen LogP) is 1.77. The fourth-order valence-electron chi connectivity index (χ4n) is 3.18. The van der Waals surface area contributed by atoms with Crippen LogP contribution in [0.2, 0.25) is 0 Å². The fraction of sp³-hybridized carbons (Fsp3) is 0.167. The summed E-state index contributed by atoms with van der Waals surface area (Å²) < 4.78 is 20.5. The van der Waals surface area contributed by atoms with E-state index >= 15 is 0 Å². The van der Waals surface area contributed by atoms with E-state index in [1.807, 2.05) is 0 Å². The molecule has 2 saturated heterocycles. The van der Waals surface area contributed by atoms with Gasteiger partial charge in [-0.1, -0.05) is 12.1 Å². The summed E-state index contributed by atoms with van der Waals surface area (Å²) in [6.45, 7) is 0. The van der Waals surface area contributed by atoms with Crippen molar-refractivity contribution in [2.75, 3.05) is 28.4 Å². The Labute approximate surface area is 206 Å². The monoisotopic (exact) mass is 496 g/mol. The Kier molecular flexibility index (Phi) is 8.13. The number of rotatable bonds is 6. The molecule has 0 spiro atoms. The maximum absolute atomic E-state index is 11.3. The van der Waals surface area contributed by atoms with Gasteiger partial charge in [0.1, 0.15) is 11.4 Å². The number of benzene rings is 2. The highest BCUT2D eigenvalue weighted by atomic mass is 16.5. The zero-order valence-electron chi connectivity index (χ0n) is 19.9. The first-order chi connectivity index (χ1) is 17.3. The van der Waals surface area contributed by atoms with Crippen LogP contribution in [0.15, 0.2) is 47.8 Å². The second-order valence-corrected chi connectivity index (χ2v) is 7.16. The average Bonchev–Trinajstić information content (AvgIpc) is 3.36. The van der Waals surface area contributed by atoms with Crippen LogP contribution in [-0.2, 0) is 9.59 Å². The standard InChI is InChI=1S/2C12H12N2O4/c2*1-17-9-4-3-7(6-10(9)18-2)5-8-11(15)14-12(16)13-8/h2*3-6H,1-2H3,(H2,13,14,15,16)/b2*8-5-. The number of urea groups is 2. The minimum atomic E-state index is -0.522. The molecule has 2 aromatic carbocycles. The minimum Gasteiger partial charge on any atom is -0.493 e. The quantitative estimate of drug-likeness (QED) is 0.349. The van der Waals surface area contributed by atoms with Crippen molar-refractivity contribution in [2.45, 2.75) is 0 Å². The second kappa shape index (κ2) is 11.4. The van der Waals surface area contributed by atoms with Gasteiger partial charge in [0.05, 0.1) is 28.4 Å². The Morgan fingerprint density at radius 3 is 1.17 bits per heavy atom. The van der Waals surface area contributed by atoms with Gasteiger partial charge in [-0.15, -0.1) is 0 Å². The van der Waals surface area contributed by atoms with Gasteiger partial charge in [0.25, 0.3) is 11.8 Å². The summed E-state index contributed by atoms with van der Waals surface area (Å²) in [5.41, 5.74) is 1.85. The largest absolute Gasteiger partial charge is 0.493 e. The maximum atomic E-state index is 11.3. The van der Waals surface area contributed by atoms with Gasteiger partial charge < -0.3 is 29.6 Å². The molecule has 4 rings (SSSR count). The molecule has 2 aliphatic rings. The number of nitrogens with one attached hydrogen (secondary N) is 4. The average molecular weight is 496 g/mol. The first-order valence-corrected chi connectivity index (χ1v) is 10.4. The molecular formula is C24H24N4O8. The molecule has 6 amide bonds. The van der Waals surface area contributed by atoms with Crippen LogP contribution in [0.1, 0.15) is 11.1 Å². The van der Waals surface area contributed by atoms with Crippen molar-refractivity contribution in [2.24, 2.45) is 0 Å². The van der Waals surface area contributed by atoms with Crippen molar-refractivity contribution < 1.29 is 38.1 Å². The highest BCUT2D eigenvalue weighted by Crippen LogP contribution is 2.29. The smallest absolute Gasteiger partial charge is 0.326 e. The maximum Gasteiger partial charge on any atom is 0.326 e. The first-order valence-electron chi connectivity index (χ1n) is 10.4. The normalized spacial score (nSPS) is 16.4. The summed E-state index contributed by atoms with van der Waals surface area (Å²) >= 11 is 0. The third-order valence-electron chi connectivity index (χ3n) is 4.88. The van der Waals surface area contributed by atoms with Crippen LogP contribution in [-0.4, -0.2) is 52.3 Å². The summed E-state index contributed by atoms with van der Waals surface area (Å²) in [6, 6.07) is 9.34. The number of hydrogen-bond acceptors (Lipinski definition) is 8. The van der Waals surface area contributed by atoms with E-state index in [9.17, 15) is 19.2 Å². The molecule has 4 N–H and O–H groups in total. The fourth-order valence-corrected chi connectivity index (χ4v) is 3.18. The summed E-state index contributed by atoms with van der Waals surface area (Å²) in [7, 11) is 6.14. The minimum absolute atomic E-state index is 0.201. The molecule has 0 bridgehead atoms. The third kappa shape index (κ3) is 6.11. The van der Waals surface area contributed by atoms with E-state index < -0.39 is 23.9 Å². The number of methoxy groups -OCH3 is 4. The number of carbonyl (C=O) groups is 4. The van der Waals surface area contributed by atoms with Crippen LogP contribution in [0.25, 0.3) is 12.2 Å². The molecule has 12 nitrogen and oxygen atoms in total. The Morgan fingerprint density at radius 1 is 0.528 bits per heavy atom. The molecule has 0 atom stereocenters. The van der Waals surface area contributed by atoms with Crippen molar-refractivity contribution in [1.29, 1.82) is 0 Å². The molecule has 2 fully saturated rings. The van der Waals surface area contributed by atoms with Gasteiger partial charge in [0, 0.05) is 0 Å². The molecule has 36 heavy (non-hydrogen) atoms. The van der Waals surface area contributed by atoms with Crippen molar-refractivity contribution in [3.8, 4) is 23.0 Å². The zero-order chi connectivity index (χ0) is 26.2. The van der Waals surface area contributed by atoms with E-state index in [0.717, 1.165) is 11.1 Å². The number of ether oxygens (including phenoxy) is 4. The molecule has 0 unspecified atom stereocenters. The Bertz CT molecular complexity index is 1170. The molecule has 188 valence electrons. The first kappa shape index (κ1) is 25.6. The van der Waals surface area contributed by atoms with E-state index in [1.165, 1.54) is 14.2 Å². The Morgan fingerprint density at radius 2 is 0.889 bits per heavy atom. The number of amides is 6. The van der Waals surface area contributed by atoms with Gasteiger partial charge >= 0.3 is 12.1 Å². The summed E-state index contributed by atoms with van der Waals surface area (Å²) in [5.74, 6) is 1.40. The van der Waals surface area contributed by atoms with Crippen molar-refractivity contribution >= 4 is 36.0 Å². The highest BCUT2D eigenvalue weighted by molar-refractivity contribution is 6.14. The number of carbonyl (C=O) groups excluding carboxylic acids is 4. The number of imide groups is 2. The van der Waals surface area contributed by atoms with Crippen molar-refractivity contribution in [1.82, 2.24) is 21.3 Å². The summed E-state index contributed by atoms with van der Waals surface area (Å²) in [6.07, 6.45) is 3.12. The van der Waals surface area contributed by atoms with Crippen LogP contribution in [0, 0.1) is 0 Å². The lowest BCUT2D eigenvalue weighted by atomic mass is 10.1. The van der Waals surface area contributed by atoms with Gasteiger partial charge in [-0.2, -0.15) is 0 Å². The lowest BCUT2D eigenvalue weighted by Crippen LogP contribution is -2.22. The lowest BCUT2D eigenvalue weighted by Gasteiger charge is -2.07. The van der Waals surface area contributed by atoms with E-state index in [1.54, 1.807) is 62.8 Å². The highest BCUT2D eigenvalue weighted by Gasteiger charge is 2.23. The second-order valence-electron chi connectivity index (χ2n) is 7.16. The van der Waals surface area contributed by atoms with Crippen LogP contribution in [0.3, 0.4) is 0 Å². The SMILES string of the molecule is COc1ccc(/C=C2\NC(=O)NC2=O)cc1OC.COc1ccc(/C=C2\NC(=O)NC2=O)cc1OC. The Hall–Kier alpha value is -5.00. The third-order valence-corrected chi connectivity index (χ3v) is 4.88. The van der Waals surface area contributed by atoms with Crippen LogP contribution < -0.4 is 40.2 Å². The molecule has 0 saturated carbocycles. The topological polar surface area (TPSA) is 153 Å². The summed E-state index contributed by atoms with van der Waals surface area (Å²) in [5, 5.41) is 9.07. The Balaban J connectivity index is 0.000000201. The molecule has 12 heteroatoms. The van der Waals surface area contributed by atoms with Crippen molar-refractivity contribution in [3.05, 3.63) is 58.9 Å². The molecule has 0 radical (unpaired) electrons. The zero-order valence-corrected chi connectivity index (χ0v) is 19.9. The van der Waals surface area contributed by atoms with Gasteiger partial charge in [-0.05, 0) is 47.5 Å². The van der Waals surface area contributed by atoms with Gasteiger partial charge in [-0.25, -0.2) is 9.59 Å². The molecule has 2 aromatic rings.